The normalized spacial score (nSPS) is 9.89. The van der Waals surface area contributed by atoms with Crippen molar-refractivity contribution in [1.82, 2.24) is 9.97 Å². The van der Waals surface area contributed by atoms with E-state index in [1.165, 1.54) is 18.3 Å². The molecule has 7 heteroatoms. The summed E-state index contributed by atoms with van der Waals surface area (Å²) in [4.78, 5) is 19.3. The molecule has 0 fully saturated rings. The van der Waals surface area contributed by atoms with Crippen LogP contribution in [0.4, 0.5) is 15.9 Å². The smallest absolute Gasteiger partial charge is 0.274 e. The number of nitrogen functional groups attached to an aromatic ring is 1. The molecule has 0 aliphatic carbocycles. The summed E-state index contributed by atoms with van der Waals surface area (Å²) >= 11 is 0. The summed E-state index contributed by atoms with van der Waals surface area (Å²) < 4.78 is 13.3. The van der Waals surface area contributed by atoms with Crippen LogP contribution < -0.4 is 16.6 Å². The largest absolute Gasteiger partial charge is 0.318 e. The number of pyridine rings is 2. The third-order valence-corrected chi connectivity index (χ3v) is 2.15. The Kier molecular flexibility index (Phi) is 3.44. The number of nitrogens with zero attached hydrogens (tertiary/aromatic N) is 2. The van der Waals surface area contributed by atoms with Crippen LogP contribution in [-0.2, 0) is 0 Å². The van der Waals surface area contributed by atoms with Crippen molar-refractivity contribution in [2.45, 2.75) is 0 Å². The summed E-state index contributed by atoms with van der Waals surface area (Å²) in [5.74, 6) is 4.39. The monoisotopic (exact) mass is 247 g/mol. The molecule has 0 radical (unpaired) electrons. The molecule has 0 spiro atoms. The maximum Gasteiger partial charge on any atom is 0.274 e. The summed E-state index contributed by atoms with van der Waals surface area (Å²) in [5.41, 5.74) is 2.49. The Labute approximate surface area is 102 Å². The molecular weight excluding hydrogens is 237 g/mol. The van der Waals surface area contributed by atoms with Crippen molar-refractivity contribution in [2.75, 3.05) is 10.7 Å². The SMILES string of the molecule is NNc1cccc(C(=O)Nc2ccncc2F)n1. The van der Waals surface area contributed by atoms with Crippen molar-refractivity contribution in [3.63, 3.8) is 0 Å². The number of halogens is 1. The Morgan fingerprint density at radius 3 is 2.89 bits per heavy atom. The highest BCUT2D eigenvalue weighted by Gasteiger charge is 2.10. The van der Waals surface area contributed by atoms with Crippen LogP contribution in [0.25, 0.3) is 0 Å². The van der Waals surface area contributed by atoms with E-state index in [4.69, 9.17) is 5.84 Å². The summed E-state index contributed by atoms with van der Waals surface area (Å²) in [6.07, 6.45) is 2.39. The minimum absolute atomic E-state index is 0.0444. The minimum Gasteiger partial charge on any atom is -0.318 e. The second kappa shape index (κ2) is 5.19. The third kappa shape index (κ3) is 2.58. The van der Waals surface area contributed by atoms with Crippen molar-refractivity contribution in [2.24, 2.45) is 5.84 Å². The zero-order chi connectivity index (χ0) is 13.0. The number of nitrogens with one attached hydrogen (secondary N) is 2. The molecule has 18 heavy (non-hydrogen) atoms. The predicted octanol–water partition coefficient (Wildman–Crippen LogP) is 1.15. The number of rotatable bonds is 3. The van der Waals surface area contributed by atoms with Gasteiger partial charge < -0.3 is 10.7 Å². The van der Waals surface area contributed by atoms with Gasteiger partial charge in [-0.3, -0.25) is 9.78 Å². The van der Waals surface area contributed by atoms with Crippen molar-refractivity contribution in [3.05, 3.63) is 48.2 Å². The van der Waals surface area contributed by atoms with Gasteiger partial charge >= 0.3 is 0 Å². The molecule has 2 heterocycles. The molecule has 0 bridgehead atoms. The van der Waals surface area contributed by atoms with E-state index in [0.717, 1.165) is 6.20 Å². The van der Waals surface area contributed by atoms with Gasteiger partial charge in [0.15, 0.2) is 5.82 Å². The van der Waals surface area contributed by atoms with Crippen LogP contribution in [0, 0.1) is 5.82 Å². The summed E-state index contributed by atoms with van der Waals surface area (Å²) in [6.45, 7) is 0. The van der Waals surface area contributed by atoms with Crippen molar-refractivity contribution < 1.29 is 9.18 Å². The van der Waals surface area contributed by atoms with Gasteiger partial charge in [0.05, 0.1) is 11.9 Å². The molecule has 0 aromatic carbocycles. The van der Waals surface area contributed by atoms with Gasteiger partial charge in [-0.2, -0.15) is 0 Å². The van der Waals surface area contributed by atoms with Gasteiger partial charge in [-0.15, -0.1) is 0 Å². The van der Waals surface area contributed by atoms with Gasteiger partial charge in [-0.25, -0.2) is 15.2 Å². The Hall–Kier alpha value is -2.54. The molecule has 0 unspecified atom stereocenters. The van der Waals surface area contributed by atoms with Crippen molar-refractivity contribution in [1.29, 1.82) is 0 Å². The van der Waals surface area contributed by atoms with Crippen LogP contribution in [-0.4, -0.2) is 15.9 Å². The number of anilines is 2. The lowest BCUT2D eigenvalue weighted by Gasteiger charge is -2.06. The summed E-state index contributed by atoms with van der Waals surface area (Å²) in [6, 6.07) is 6.07. The second-order valence-electron chi connectivity index (χ2n) is 3.36. The molecule has 0 saturated heterocycles. The Morgan fingerprint density at radius 2 is 2.17 bits per heavy atom. The van der Waals surface area contributed by atoms with Crippen LogP contribution in [0.5, 0.6) is 0 Å². The first-order valence-electron chi connectivity index (χ1n) is 5.05. The van der Waals surface area contributed by atoms with Crippen molar-refractivity contribution in [3.8, 4) is 0 Å². The number of aromatic nitrogens is 2. The fourth-order valence-corrected chi connectivity index (χ4v) is 1.30. The fourth-order valence-electron chi connectivity index (χ4n) is 1.30. The number of carbonyl (C=O) groups is 1. The van der Waals surface area contributed by atoms with Crippen LogP contribution >= 0.6 is 0 Å². The molecule has 2 rings (SSSR count). The zero-order valence-corrected chi connectivity index (χ0v) is 9.22. The second-order valence-corrected chi connectivity index (χ2v) is 3.36. The maximum absolute atomic E-state index is 13.3. The first-order chi connectivity index (χ1) is 8.70. The number of hydrazine groups is 1. The Bertz CT molecular complexity index is 575. The van der Waals surface area contributed by atoms with E-state index in [9.17, 15) is 9.18 Å². The number of hydrogen-bond acceptors (Lipinski definition) is 5. The van der Waals surface area contributed by atoms with Crippen LogP contribution in [0.1, 0.15) is 10.5 Å². The van der Waals surface area contributed by atoms with E-state index in [0.29, 0.717) is 5.82 Å². The molecule has 0 aliphatic heterocycles. The molecule has 0 aliphatic rings. The average molecular weight is 247 g/mol. The van der Waals surface area contributed by atoms with E-state index >= 15 is 0 Å². The molecule has 2 aromatic rings. The average Bonchev–Trinajstić information content (AvgIpc) is 2.41. The lowest BCUT2D eigenvalue weighted by atomic mass is 10.3. The predicted molar refractivity (Wildman–Crippen MR) is 64.2 cm³/mol. The molecule has 92 valence electrons. The van der Waals surface area contributed by atoms with Gasteiger partial charge in [-0.05, 0) is 18.2 Å². The molecule has 4 N–H and O–H groups in total. The standard InChI is InChI=1S/C11H10FN5O/c12-7-6-14-5-4-8(7)16-11(18)9-2-1-3-10(15-9)17-13/h1-6H,13H2,(H,15,17)(H,14,16,18). The fraction of sp³-hybridized carbons (Fsp3) is 0. The first kappa shape index (κ1) is 11.9. The van der Waals surface area contributed by atoms with Gasteiger partial charge in [0, 0.05) is 6.20 Å². The van der Waals surface area contributed by atoms with Gasteiger partial charge in [0.2, 0.25) is 0 Å². The molecule has 0 atom stereocenters. The highest BCUT2D eigenvalue weighted by Crippen LogP contribution is 2.12. The summed E-state index contributed by atoms with van der Waals surface area (Å²) in [5, 5.41) is 2.39. The van der Waals surface area contributed by atoms with E-state index < -0.39 is 11.7 Å². The minimum atomic E-state index is -0.612. The first-order valence-corrected chi connectivity index (χ1v) is 5.05. The molecule has 0 saturated carbocycles. The third-order valence-electron chi connectivity index (χ3n) is 2.15. The van der Waals surface area contributed by atoms with E-state index in [1.54, 1.807) is 12.1 Å². The highest BCUT2D eigenvalue weighted by atomic mass is 19.1. The van der Waals surface area contributed by atoms with E-state index in [-0.39, 0.29) is 11.4 Å². The van der Waals surface area contributed by atoms with Gasteiger partial charge in [-0.1, -0.05) is 6.07 Å². The topological polar surface area (TPSA) is 92.9 Å². The van der Waals surface area contributed by atoms with Crippen molar-refractivity contribution >= 4 is 17.4 Å². The quantitative estimate of drug-likeness (QED) is 0.559. The molecule has 2 aromatic heterocycles. The van der Waals surface area contributed by atoms with Crippen LogP contribution in [0.15, 0.2) is 36.7 Å². The maximum atomic E-state index is 13.3. The Morgan fingerprint density at radius 1 is 1.33 bits per heavy atom. The highest BCUT2D eigenvalue weighted by molar-refractivity contribution is 6.03. The molecule has 1 amide bonds. The van der Waals surface area contributed by atoms with Crippen LogP contribution in [0.2, 0.25) is 0 Å². The van der Waals surface area contributed by atoms with Gasteiger partial charge in [0.25, 0.3) is 5.91 Å². The van der Waals surface area contributed by atoms with E-state index in [2.05, 4.69) is 20.7 Å². The number of hydrogen-bond donors (Lipinski definition) is 3. The molecular formula is C11H10FN5O. The van der Waals surface area contributed by atoms with E-state index in [1.807, 2.05) is 0 Å². The lowest BCUT2D eigenvalue weighted by Crippen LogP contribution is -2.16. The number of carbonyl (C=O) groups excluding carboxylic acids is 1. The number of nitrogens with two attached hydrogens (primary N) is 1. The number of amides is 1. The lowest BCUT2D eigenvalue weighted by molar-refractivity contribution is 0.102. The summed E-state index contributed by atoms with van der Waals surface area (Å²) in [7, 11) is 0. The molecule has 6 nitrogen and oxygen atoms in total. The van der Waals surface area contributed by atoms with Crippen LogP contribution in [0.3, 0.4) is 0 Å². The van der Waals surface area contributed by atoms with Gasteiger partial charge in [0.1, 0.15) is 11.5 Å². The Balaban J connectivity index is 2.19. The zero-order valence-electron chi connectivity index (χ0n) is 9.22.